The molecule has 1 N–H and O–H groups in total. The largest absolute Gasteiger partial charge is 0.507 e. The molecule has 256 valence electrons. The molecule has 0 fully saturated rings. The summed E-state index contributed by atoms with van der Waals surface area (Å²) < 4.78 is 0. The van der Waals surface area contributed by atoms with Crippen LogP contribution in [0.1, 0.15) is 25.0 Å². The second-order valence-electron chi connectivity index (χ2n) is 13.7. The molecule has 0 spiro atoms. The van der Waals surface area contributed by atoms with Crippen molar-refractivity contribution in [3.8, 4) is 50.5 Å². The third kappa shape index (κ3) is 6.95. The van der Waals surface area contributed by atoms with Crippen molar-refractivity contribution in [2.24, 2.45) is 0 Å². The topological polar surface area (TPSA) is 49.2 Å². The summed E-state index contributed by atoms with van der Waals surface area (Å²) in [7, 11) is 0. The maximum absolute atomic E-state index is 11.0. The normalized spacial score (nSPS) is 11.3. The molecule has 4 nitrogen and oxygen atoms in total. The Labute approximate surface area is 311 Å². The Hall–Kier alpha value is -6.78. The summed E-state index contributed by atoms with van der Waals surface area (Å²) in [4.78, 5) is 12.4. The Morgan fingerprint density at radius 2 is 1.02 bits per heavy atom. The van der Waals surface area contributed by atoms with Gasteiger partial charge < -0.3 is 5.11 Å². The van der Waals surface area contributed by atoms with E-state index in [-0.39, 0.29) is 11.2 Å². The van der Waals surface area contributed by atoms with Crippen molar-refractivity contribution in [2.45, 2.75) is 19.3 Å². The summed E-state index contributed by atoms with van der Waals surface area (Å²) in [6, 6.07) is 64.4. The summed E-state index contributed by atoms with van der Waals surface area (Å²) in [5.74, 6) is 0.995. The molecule has 0 aliphatic heterocycles. The number of aromatic nitrogens is 2. The van der Waals surface area contributed by atoms with Crippen LogP contribution in [0, 0.1) is 0 Å². The van der Waals surface area contributed by atoms with E-state index in [1.807, 2.05) is 48.7 Å². The molecule has 2 heterocycles. The number of hydrogen-bond donors (Lipinski definition) is 1. The van der Waals surface area contributed by atoms with E-state index in [9.17, 15) is 5.11 Å². The molecule has 6 aromatic carbocycles. The second kappa shape index (κ2) is 14.5. The smallest absolute Gasteiger partial charge is 0.138 e. The van der Waals surface area contributed by atoms with Gasteiger partial charge in [-0.25, -0.2) is 9.97 Å². The Morgan fingerprint density at radius 3 is 1.70 bits per heavy atom. The lowest BCUT2D eigenvalue weighted by Gasteiger charge is -2.28. The number of anilines is 3. The maximum atomic E-state index is 11.0. The number of benzene rings is 6. The summed E-state index contributed by atoms with van der Waals surface area (Å²) >= 11 is 0. The standard InChI is InChI=1S/C49H39N3O/c1-49(2,40-21-11-5-12-22-40)41-33-45(51-46(34-41)44-25-15-16-26-47(44)53)39-29-38(36-19-9-4-10-20-36)30-43(31-39)52(42-23-13-6-14-24-42)48-32-37(27-28-50-48)35-17-7-3-8-18-35/h3-34,53H,1-2H3. The van der Waals surface area contributed by atoms with E-state index in [1.54, 1.807) is 6.07 Å². The van der Waals surface area contributed by atoms with Gasteiger partial charge in [0.2, 0.25) is 0 Å². The van der Waals surface area contributed by atoms with Gasteiger partial charge >= 0.3 is 0 Å². The molecule has 0 saturated carbocycles. The average molecular weight is 686 g/mol. The first-order chi connectivity index (χ1) is 25.9. The molecule has 8 aromatic rings. The first-order valence-corrected chi connectivity index (χ1v) is 17.9. The molecule has 0 amide bonds. The van der Waals surface area contributed by atoms with Gasteiger partial charge in [0.15, 0.2) is 0 Å². The van der Waals surface area contributed by atoms with E-state index >= 15 is 0 Å². The van der Waals surface area contributed by atoms with E-state index in [0.29, 0.717) is 11.3 Å². The van der Waals surface area contributed by atoms with Gasteiger partial charge in [0.25, 0.3) is 0 Å². The van der Waals surface area contributed by atoms with Crippen molar-refractivity contribution >= 4 is 17.2 Å². The number of phenols is 1. The van der Waals surface area contributed by atoms with Crippen LogP contribution in [0.2, 0.25) is 0 Å². The fraction of sp³-hybridized carbons (Fsp3) is 0.0612. The lowest BCUT2D eigenvalue weighted by molar-refractivity contribution is 0.477. The number of para-hydroxylation sites is 2. The Morgan fingerprint density at radius 1 is 0.453 bits per heavy atom. The minimum Gasteiger partial charge on any atom is -0.507 e. The highest BCUT2D eigenvalue weighted by atomic mass is 16.3. The molecule has 0 unspecified atom stereocenters. The van der Waals surface area contributed by atoms with Gasteiger partial charge in [-0.1, -0.05) is 135 Å². The van der Waals surface area contributed by atoms with E-state index < -0.39 is 0 Å². The van der Waals surface area contributed by atoms with Gasteiger partial charge in [0.05, 0.1) is 11.4 Å². The molecule has 0 saturated heterocycles. The van der Waals surface area contributed by atoms with Crippen molar-refractivity contribution in [2.75, 3.05) is 4.90 Å². The van der Waals surface area contributed by atoms with Crippen LogP contribution in [0.3, 0.4) is 0 Å². The quantitative estimate of drug-likeness (QED) is 0.164. The predicted molar refractivity (Wildman–Crippen MR) is 219 cm³/mol. The minimum absolute atomic E-state index is 0.193. The number of phenolic OH excluding ortho intramolecular Hbond substituents is 1. The molecule has 0 radical (unpaired) electrons. The molecule has 4 heteroatoms. The number of pyridine rings is 2. The summed E-state index contributed by atoms with van der Waals surface area (Å²) in [5, 5.41) is 11.0. The Bertz CT molecular complexity index is 2480. The van der Waals surface area contributed by atoms with Crippen molar-refractivity contribution in [3.05, 3.63) is 205 Å². The maximum Gasteiger partial charge on any atom is 0.138 e. The van der Waals surface area contributed by atoms with Gasteiger partial charge in [-0.15, -0.1) is 0 Å². The second-order valence-corrected chi connectivity index (χ2v) is 13.7. The Balaban J connectivity index is 1.37. The summed E-state index contributed by atoms with van der Waals surface area (Å²) in [6.45, 7) is 4.48. The molecular weight excluding hydrogens is 647 g/mol. The molecule has 8 rings (SSSR count). The van der Waals surface area contributed by atoms with Gasteiger partial charge in [-0.05, 0) is 100 Å². The molecule has 0 atom stereocenters. The zero-order valence-electron chi connectivity index (χ0n) is 29.8. The molecule has 0 bridgehead atoms. The van der Waals surface area contributed by atoms with Crippen LogP contribution in [0.5, 0.6) is 5.75 Å². The average Bonchev–Trinajstić information content (AvgIpc) is 3.22. The minimum atomic E-state index is -0.351. The third-order valence-corrected chi connectivity index (χ3v) is 9.90. The highest BCUT2D eigenvalue weighted by molar-refractivity contribution is 5.85. The van der Waals surface area contributed by atoms with Crippen molar-refractivity contribution < 1.29 is 5.11 Å². The van der Waals surface area contributed by atoms with Crippen LogP contribution in [0.25, 0.3) is 44.8 Å². The van der Waals surface area contributed by atoms with Gasteiger partial charge in [-0.3, -0.25) is 4.90 Å². The van der Waals surface area contributed by atoms with Gasteiger partial charge in [0.1, 0.15) is 11.6 Å². The molecule has 2 aromatic heterocycles. The molecular formula is C49H39N3O. The van der Waals surface area contributed by atoms with Crippen LogP contribution in [-0.2, 0) is 5.41 Å². The number of aromatic hydroxyl groups is 1. The Kier molecular flexibility index (Phi) is 9.10. The van der Waals surface area contributed by atoms with Crippen molar-refractivity contribution in [3.63, 3.8) is 0 Å². The first kappa shape index (κ1) is 33.4. The summed E-state index contributed by atoms with van der Waals surface area (Å²) in [5.41, 5.74) is 11.4. The zero-order valence-corrected chi connectivity index (χ0v) is 29.8. The lowest BCUT2D eigenvalue weighted by Crippen LogP contribution is -2.19. The monoisotopic (exact) mass is 685 g/mol. The fourth-order valence-corrected chi connectivity index (χ4v) is 6.92. The number of rotatable bonds is 9. The van der Waals surface area contributed by atoms with Crippen molar-refractivity contribution in [1.29, 1.82) is 0 Å². The highest BCUT2D eigenvalue weighted by Gasteiger charge is 2.26. The number of nitrogens with zero attached hydrogens (tertiary/aromatic N) is 3. The van der Waals surface area contributed by atoms with Crippen molar-refractivity contribution in [1.82, 2.24) is 9.97 Å². The number of hydrogen-bond acceptors (Lipinski definition) is 4. The van der Waals surface area contributed by atoms with E-state index in [4.69, 9.17) is 9.97 Å². The van der Waals surface area contributed by atoms with Crippen LogP contribution >= 0.6 is 0 Å². The van der Waals surface area contributed by atoms with Gasteiger partial charge in [-0.2, -0.15) is 0 Å². The predicted octanol–water partition coefficient (Wildman–Crippen LogP) is 12.6. The zero-order chi connectivity index (χ0) is 36.2. The van der Waals surface area contributed by atoms with Crippen LogP contribution in [0.15, 0.2) is 194 Å². The highest BCUT2D eigenvalue weighted by Crippen LogP contribution is 2.42. The third-order valence-electron chi connectivity index (χ3n) is 9.90. The first-order valence-electron chi connectivity index (χ1n) is 17.9. The molecule has 0 aliphatic rings. The SMILES string of the molecule is CC(C)(c1ccccc1)c1cc(-c2cc(-c3ccccc3)cc(N(c3ccccc3)c3cc(-c4ccccc4)ccn3)c2)nc(-c2ccccc2O)c1. The van der Waals surface area contributed by atoms with E-state index in [0.717, 1.165) is 56.3 Å². The van der Waals surface area contributed by atoms with Crippen LogP contribution in [-0.4, -0.2) is 15.1 Å². The lowest BCUT2D eigenvalue weighted by atomic mass is 9.77. The van der Waals surface area contributed by atoms with Crippen LogP contribution in [0.4, 0.5) is 17.2 Å². The van der Waals surface area contributed by atoms with E-state index in [2.05, 4.69) is 158 Å². The van der Waals surface area contributed by atoms with E-state index in [1.165, 1.54) is 5.56 Å². The summed E-state index contributed by atoms with van der Waals surface area (Å²) in [6.07, 6.45) is 1.88. The fourth-order valence-electron chi connectivity index (χ4n) is 6.92. The van der Waals surface area contributed by atoms with Crippen LogP contribution < -0.4 is 4.90 Å². The molecule has 53 heavy (non-hydrogen) atoms. The van der Waals surface area contributed by atoms with Gasteiger partial charge in [0, 0.05) is 34.1 Å². The molecule has 0 aliphatic carbocycles.